The number of hydrogen-bond donors (Lipinski definition) is 1. The van der Waals surface area contributed by atoms with Crippen LogP contribution in [0.1, 0.15) is 80.1 Å². The van der Waals surface area contributed by atoms with E-state index in [0.717, 1.165) is 38.8 Å². The normalized spacial score (nSPS) is 21.0. The molecular formula is C27H50N4O3. The number of amides is 3. The summed E-state index contributed by atoms with van der Waals surface area (Å²) in [7, 11) is 1.90. The summed E-state index contributed by atoms with van der Waals surface area (Å²) < 4.78 is 0. The number of hydrogen-bond acceptors (Lipinski definition) is 4. The molecule has 2 rings (SSSR count). The van der Waals surface area contributed by atoms with Crippen molar-refractivity contribution in [1.29, 1.82) is 0 Å². The lowest BCUT2D eigenvalue weighted by Crippen LogP contribution is -2.62. The third kappa shape index (κ3) is 8.54. The van der Waals surface area contributed by atoms with Crippen LogP contribution in [0.4, 0.5) is 0 Å². The van der Waals surface area contributed by atoms with Crippen molar-refractivity contribution in [3.63, 3.8) is 0 Å². The quantitative estimate of drug-likeness (QED) is 0.494. The number of likely N-dealkylation sites (tertiary alicyclic amines) is 1. The van der Waals surface area contributed by atoms with E-state index >= 15 is 0 Å². The minimum Gasteiger partial charge on any atom is -0.346 e. The van der Waals surface area contributed by atoms with Gasteiger partial charge in [0.2, 0.25) is 17.7 Å². The fourth-order valence-corrected chi connectivity index (χ4v) is 5.08. The zero-order valence-corrected chi connectivity index (χ0v) is 22.8. The molecule has 0 saturated carbocycles. The molecule has 0 aromatic rings. The highest BCUT2D eigenvalue weighted by Crippen LogP contribution is 2.25. The molecule has 2 atom stereocenters. The van der Waals surface area contributed by atoms with Crippen LogP contribution in [0.5, 0.6) is 0 Å². The summed E-state index contributed by atoms with van der Waals surface area (Å²) in [6, 6.07) is -0.578. The molecule has 3 amide bonds. The van der Waals surface area contributed by atoms with Gasteiger partial charge in [-0.25, -0.2) is 0 Å². The number of piperidine rings is 1. The first-order chi connectivity index (χ1) is 16.0. The number of nitrogens with one attached hydrogen (secondary N) is 1. The second-order valence-corrected chi connectivity index (χ2v) is 11.8. The first kappa shape index (κ1) is 28.6. The molecule has 2 saturated heterocycles. The minimum absolute atomic E-state index is 0.0730. The van der Waals surface area contributed by atoms with Gasteiger partial charge in [-0.3, -0.25) is 14.4 Å². The number of piperazine rings is 1. The summed E-state index contributed by atoms with van der Waals surface area (Å²) in [6.07, 6.45) is 4.79. The predicted octanol–water partition coefficient (Wildman–Crippen LogP) is 3.38. The largest absolute Gasteiger partial charge is 0.346 e. The second kappa shape index (κ2) is 13.5. The van der Waals surface area contributed by atoms with Crippen LogP contribution in [-0.2, 0) is 14.4 Å². The molecule has 196 valence electrons. The average Bonchev–Trinajstić information content (AvgIpc) is 2.77. The van der Waals surface area contributed by atoms with E-state index in [0.29, 0.717) is 56.1 Å². The van der Waals surface area contributed by atoms with E-state index in [1.54, 1.807) is 0 Å². The molecule has 34 heavy (non-hydrogen) atoms. The van der Waals surface area contributed by atoms with Crippen LogP contribution in [0.2, 0.25) is 0 Å². The maximum atomic E-state index is 13.6. The van der Waals surface area contributed by atoms with Crippen LogP contribution in [0.3, 0.4) is 0 Å². The molecule has 7 nitrogen and oxygen atoms in total. The highest BCUT2D eigenvalue weighted by molar-refractivity contribution is 5.90. The van der Waals surface area contributed by atoms with Crippen LogP contribution in [0.25, 0.3) is 0 Å². The summed E-state index contributed by atoms with van der Waals surface area (Å²) in [5, 5.41) is 3.35. The zero-order valence-electron chi connectivity index (χ0n) is 22.8. The van der Waals surface area contributed by atoms with Gasteiger partial charge in [-0.05, 0) is 55.8 Å². The van der Waals surface area contributed by atoms with Crippen molar-refractivity contribution in [2.45, 2.75) is 92.2 Å². The van der Waals surface area contributed by atoms with E-state index in [-0.39, 0.29) is 29.8 Å². The maximum Gasteiger partial charge on any atom is 0.245 e. The second-order valence-electron chi connectivity index (χ2n) is 11.8. The summed E-state index contributed by atoms with van der Waals surface area (Å²) in [6.45, 7) is 16.3. The van der Waals surface area contributed by atoms with Gasteiger partial charge in [0.1, 0.15) is 6.04 Å². The van der Waals surface area contributed by atoms with Crippen LogP contribution in [-0.4, -0.2) is 84.3 Å². The SMILES string of the molecule is CC(C)CCN(C)C(=O)CC1CCN(C(=O)[C@H](CC(C)C)N2CCN[C@@H](CC(C)C)C2=O)CC1. The van der Waals surface area contributed by atoms with Gasteiger partial charge < -0.3 is 20.0 Å². The summed E-state index contributed by atoms with van der Waals surface area (Å²) in [5.41, 5.74) is 0. The van der Waals surface area contributed by atoms with E-state index in [1.807, 2.05) is 21.7 Å². The standard InChI is InChI=1S/C27H50N4O3/c1-19(2)8-12-29(7)25(32)18-22-9-13-30(14-10-22)27(34)24(17-21(5)6)31-15-11-28-23(26(31)33)16-20(3)4/h19-24,28H,8-18H2,1-7H3/t23-,24-/m0/s1. The molecule has 0 unspecified atom stereocenters. The molecule has 2 aliphatic rings. The number of rotatable bonds is 11. The number of nitrogens with zero attached hydrogens (tertiary/aromatic N) is 3. The molecule has 2 heterocycles. The minimum atomic E-state index is -0.385. The first-order valence-electron chi connectivity index (χ1n) is 13.6. The molecule has 7 heteroatoms. The van der Waals surface area contributed by atoms with Gasteiger partial charge in [-0.2, -0.15) is 0 Å². The lowest BCUT2D eigenvalue weighted by Gasteiger charge is -2.42. The smallest absolute Gasteiger partial charge is 0.245 e. The van der Waals surface area contributed by atoms with Crippen molar-refractivity contribution in [1.82, 2.24) is 20.0 Å². The average molecular weight is 479 g/mol. The van der Waals surface area contributed by atoms with Crippen molar-refractivity contribution in [3.05, 3.63) is 0 Å². The van der Waals surface area contributed by atoms with E-state index in [4.69, 9.17) is 0 Å². The molecule has 0 bridgehead atoms. The molecule has 2 aliphatic heterocycles. The number of carbonyl (C=O) groups is 3. The summed E-state index contributed by atoms with van der Waals surface area (Å²) >= 11 is 0. The third-order valence-electron chi connectivity index (χ3n) is 7.24. The Hall–Kier alpha value is -1.63. The van der Waals surface area contributed by atoms with Gasteiger partial charge >= 0.3 is 0 Å². The molecule has 0 radical (unpaired) electrons. The Bertz CT molecular complexity index is 671. The van der Waals surface area contributed by atoms with E-state index in [2.05, 4.69) is 46.9 Å². The molecule has 0 aromatic heterocycles. The van der Waals surface area contributed by atoms with E-state index < -0.39 is 0 Å². The van der Waals surface area contributed by atoms with Crippen LogP contribution < -0.4 is 5.32 Å². The predicted molar refractivity (Wildman–Crippen MR) is 137 cm³/mol. The Kier molecular flexibility index (Phi) is 11.3. The van der Waals surface area contributed by atoms with Crippen molar-refractivity contribution in [2.24, 2.45) is 23.7 Å². The highest BCUT2D eigenvalue weighted by Gasteiger charge is 2.39. The molecule has 2 fully saturated rings. The first-order valence-corrected chi connectivity index (χ1v) is 13.6. The van der Waals surface area contributed by atoms with Gasteiger partial charge in [0.15, 0.2) is 0 Å². The van der Waals surface area contributed by atoms with E-state index in [9.17, 15) is 14.4 Å². The van der Waals surface area contributed by atoms with Gasteiger partial charge in [-0.15, -0.1) is 0 Å². The molecule has 1 N–H and O–H groups in total. The van der Waals surface area contributed by atoms with Crippen LogP contribution in [0, 0.1) is 23.7 Å². The Morgan fingerprint density at radius 2 is 1.65 bits per heavy atom. The topological polar surface area (TPSA) is 73.0 Å². The van der Waals surface area contributed by atoms with Crippen LogP contribution >= 0.6 is 0 Å². The number of carbonyl (C=O) groups excluding carboxylic acids is 3. The van der Waals surface area contributed by atoms with E-state index in [1.165, 1.54) is 0 Å². The van der Waals surface area contributed by atoms with Crippen molar-refractivity contribution in [2.75, 3.05) is 39.8 Å². The van der Waals surface area contributed by atoms with Crippen molar-refractivity contribution >= 4 is 17.7 Å². The Morgan fingerprint density at radius 1 is 1.00 bits per heavy atom. The highest BCUT2D eigenvalue weighted by atomic mass is 16.2. The summed E-state index contributed by atoms with van der Waals surface area (Å²) in [4.78, 5) is 45.2. The fourth-order valence-electron chi connectivity index (χ4n) is 5.08. The van der Waals surface area contributed by atoms with Gasteiger partial charge in [0.25, 0.3) is 0 Å². The van der Waals surface area contributed by atoms with Gasteiger partial charge in [-0.1, -0.05) is 41.5 Å². The van der Waals surface area contributed by atoms with Crippen LogP contribution in [0.15, 0.2) is 0 Å². The monoisotopic (exact) mass is 478 g/mol. The van der Waals surface area contributed by atoms with Gasteiger partial charge in [0.05, 0.1) is 6.04 Å². The summed E-state index contributed by atoms with van der Waals surface area (Å²) in [5.74, 6) is 2.05. The molecule has 0 aromatic carbocycles. The van der Waals surface area contributed by atoms with Crippen molar-refractivity contribution < 1.29 is 14.4 Å². The third-order valence-corrected chi connectivity index (χ3v) is 7.24. The zero-order chi connectivity index (χ0) is 25.4. The fraction of sp³-hybridized carbons (Fsp3) is 0.889. The molecule has 0 spiro atoms. The molecule has 0 aliphatic carbocycles. The lowest BCUT2D eigenvalue weighted by atomic mass is 9.91. The lowest BCUT2D eigenvalue weighted by molar-refractivity contribution is -0.150. The Labute approximate surface area is 208 Å². The Morgan fingerprint density at radius 3 is 2.21 bits per heavy atom. The maximum absolute atomic E-state index is 13.6. The molecular weight excluding hydrogens is 428 g/mol. The van der Waals surface area contributed by atoms with Crippen molar-refractivity contribution in [3.8, 4) is 0 Å². The van der Waals surface area contributed by atoms with Gasteiger partial charge in [0, 0.05) is 46.2 Å². The Balaban J connectivity index is 1.95.